The standard InChI is InChI=1S/C14H19N3O2/c1-9-8-11(5-6-12(9)18-3)14-16-13(19-17-14)7-4-10(2)15/h5-6,8,10H,4,7,15H2,1-3H3. The Bertz CT molecular complexity index is 549. The van der Waals surface area contributed by atoms with Crippen LogP contribution >= 0.6 is 0 Å². The molecule has 2 N–H and O–H groups in total. The summed E-state index contributed by atoms with van der Waals surface area (Å²) in [4.78, 5) is 4.37. The topological polar surface area (TPSA) is 74.2 Å². The van der Waals surface area contributed by atoms with Crippen molar-refractivity contribution >= 4 is 0 Å². The van der Waals surface area contributed by atoms with Crippen LogP contribution in [0.2, 0.25) is 0 Å². The minimum absolute atomic E-state index is 0.138. The van der Waals surface area contributed by atoms with E-state index in [0.29, 0.717) is 18.1 Å². The smallest absolute Gasteiger partial charge is 0.227 e. The van der Waals surface area contributed by atoms with Gasteiger partial charge < -0.3 is 15.0 Å². The van der Waals surface area contributed by atoms with Gasteiger partial charge in [-0.25, -0.2) is 0 Å². The molecular formula is C14H19N3O2. The highest BCUT2D eigenvalue weighted by Crippen LogP contribution is 2.24. The van der Waals surface area contributed by atoms with Crippen molar-refractivity contribution in [2.24, 2.45) is 5.73 Å². The van der Waals surface area contributed by atoms with Gasteiger partial charge in [0.2, 0.25) is 11.7 Å². The molecule has 0 aliphatic rings. The van der Waals surface area contributed by atoms with Gasteiger partial charge >= 0.3 is 0 Å². The number of aryl methyl sites for hydroxylation is 2. The zero-order valence-electron chi connectivity index (χ0n) is 11.5. The van der Waals surface area contributed by atoms with Gasteiger partial charge in [0.05, 0.1) is 7.11 Å². The van der Waals surface area contributed by atoms with Crippen LogP contribution in [0.15, 0.2) is 22.7 Å². The van der Waals surface area contributed by atoms with Crippen LogP contribution in [-0.4, -0.2) is 23.3 Å². The van der Waals surface area contributed by atoms with Crippen molar-refractivity contribution in [2.75, 3.05) is 7.11 Å². The van der Waals surface area contributed by atoms with E-state index in [1.54, 1.807) is 7.11 Å². The Hall–Kier alpha value is -1.88. The Kier molecular flexibility index (Phi) is 4.16. The molecule has 2 aromatic rings. The van der Waals surface area contributed by atoms with Crippen LogP contribution in [0.1, 0.15) is 24.8 Å². The maximum absolute atomic E-state index is 5.71. The molecule has 0 saturated carbocycles. The number of hydrogen-bond donors (Lipinski definition) is 1. The molecule has 1 aromatic heterocycles. The van der Waals surface area contributed by atoms with E-state index in [1.165, 1.54) is 0 Å². The van der Waals surface area contributed by atoms with E-state index in [-0.39, 0.29) is 6.04 Å². The molecule has 0 fully saturated rings. The summed E-state index contributed by atoms with van der Waals surface area (Å²) >= 11 is 0. The maximum atomic E-state index is 5.71. The number of hydrogen-bond acceptors (Lipinski definition) is 5. The molecule has 0 aliphatic heterocycles. The lowest BCUT2D eigenvalue weighted by Gasteiger charge is -2.04. The SMILES string of the molecule is COc1ccc(-c2noc(CCC(C)N)n2)cc1C. The fraction of sp³-hybridized carbons (Fsp3) is 0.429. The van der Waals surface area contributed by atoms with E-state index in [4.69, 9.17) is 15.0 Å². The Morgan fingerprint density at radius 1 is 1.42 bits per heavy atom. The largest absolute Gasteiger partial charge is 0.496 e. The van der Waals surface area contributed by atoms with Crippen molar-refractivity contribution in [3.63, 3.8) is 0 Å². The van der Waals surface area contributed by atoms with E-state index in [9.17, 15) is 0 Å². The lowest BCUT2D eigenvalue weighted by atomic mass is 10.1. The molecule has 0 bridgehead atoms. The number of rotatable bonds is 5. The predicted octanol–water partition coefficient (Wildman–Crippen LogP) is 2.33. The molecule has 0 saturated heterocycles. The number of ether oxygens (including phenoxy) is 1. The van der Waals surface area contributed by atoms with Gasteiger partial charge in [0, 0.05) is 18.0 Å². The molecule has 1 aromatic carbocycles. The molecule has 0 spiro atoms. The monoisotopic (exact) mass is 261 g/mol. The first kappa shape index (κ1) is 13.5. The van der Waals surface area contributed by atoms with Crippen molar-refractivity contribution < 1.29 is 9.26 Å². The third-order valence-electron chi connectivity index (χ3n) is 2.93. The normalized spacial score (nSPS) is 12.4. The summed E-state index contributed by atoms with van der Waals surface area (Å²) in [5, 5.41) is 3.99. The Labute approximate surface area is 112 Å². The molecular weight excluding hydrogens is 242 g/mol. The molecule has 19 heavy (non-hydrogen) atoms. The zero-order chi connectivity index (χ0) is 13.8. The van der Waals surface area contributed by atoms with Gasteiger partial charge in [-0.1, -0.05) is 5.16 Å². The summed E-state index contributed by atoms with van der Waals surface area (Å²) in [6, 6.07) is 5.95. The molecule has 5 nitrogen and oxygen atoms in total. The first-order chi connectivity index (χ1) is 9.10. The second-order valence-corrected chi connectivity index (χ2v) is 4.71. The first-order valence-electron chi connectivity index (χ1n) is 6.33. The van der Waals surface area contributed by atoms with Crippen molar-refractivity contribution in [3.05, 3.63) is 29.7 Å². The molecule has 5 heteroatoms. The third kappa shape index (κ3) is 3.32. The minimum Gasteiger partial charge on any atom is -0.496 e. The second-order valence-electron chi connectivity index (χ2n) is 4.71. The average molecular weight is 261 g/mol. The third-order valence-corrected chi connectivity index (χ3v) is 2.93. The van der Waals surface area contributed by atoms with Crippen LogP contribution in [0.25, 0.3) is 11.4 Å². The van der Waals surface area contributed by atoms with Crippen molar-refractivity contribution in [2.45, 2.75) is 32.7 Å². The molecule has 2 rings (SSSR count). The van der Waals surface area contributed by atoms with E-state index in [2.05, 4.69) is 10.1 Å². The predicted molar refractivity (Wildman–Crippen MR) is 73.0 cm³/mol. The lowest BCUT2D eigenvalue weighted by Crippen LogP contribution is -2.15. The van der Waals surface area contributed by atoms with E-state index >= 15 is 0 Å². The van der Waals surface area contributed by atoms with Gasteiger partial charge in [-0.2, -0.15) is 4.98 Å². The maximum Gasteiger partial charge on any atom is 0.227 e. The highest BCUT2D eigenvalue weighted by Gasteiger charge is 2.10. The van der Waals surface area contributed by atoms with Gasteiger partial charge in [-0.15, -0.1) is 0 Å². The zero-order valence-corrected chi connectivity index (χ0v) is 11.5. The number of benzene rings is 1. The van der Waals surface area contributed by atoms with Crippen LogP contribution in [0.4, 0.5) is 0 Å². The van der Waals surface area contributed by atoms with E-state index in [0.717, 1.165) is 23.3 Å². The van der Waals surface area contributed by atoms with Crippen molar-refractivity contribution in [1.82, 2.24) is 10.1 Å². The first-order valence-corrected chi connectivity index (χ1v) is 6.33. The molecule has 102 valence electrons. The van der Waals surface area contributed by atoms with E-state index in [1.807, 2.05) is 32.0 Å². The summed E-state index contributed by atoms with van der Waals surface area (Å²) in [5.74, 6) is 2.08. The molecule has 0 aliphatic carbocycles. The molecule has 1 atom stereocenters. The number of aromatic nitrogens is 2. The summed E-state index contributed by atoms with van der Waals surface area (Å²) in [6.45, 7) is 3.95. The van der Waals surface area contributed by atoms with Gasteiger partial charge in [0.25, 0.3) is 0 Å². The summed E-state index contributed by atoms with van der Waals surface area (Å²) in [5.41, 5.74) is 7.67. The van der Waals surface area contributed by atoms with Gasteiger partial charge in [-0.3, -0.25) is 0 Å². The molecule has 1 heterocycles. The Morgan fingerprint density at radius 3 is 2.84 bits per heavy atom. The van der Waals surface area contributed by atoms with Gasteiger partial charge in [0.15, 0.2) is 0 Å². The molecule has 0 amide bonds. The van der Waals surface area contributed by atoms with Gasteiger partial charge in [-0.05, 0) is 44.0 Å². The van der Waals surface area contributed by atoms with Crippen molar-refractivity contribution in [1.29, 1.82) is 0 Å². The summed E-state index contributed by atoms with van der Waals surface area (Å²) < 4.78 is 10.4. The van der Waals surface area contributed by atoms with Crippen LogP contribution in [0.5, 0.6) is 5.75 Å². The number of methoxy groups -OCH3 is 1. The van der Waals surface area contributed by atoms with Crippen LogP contribution in [-0.2, 0) is 6.42 Å². The van der Waals surface area contributed by atoms with E-state index < -0.39 is 0 Å². The van der Waals surface area contributed by atoms with Crippen LogP contribution < -0.4 is 10.5 Å². The Morgan fingerprint density at radius 2 is 2.21 bits per heavy atom. The summed E-state index contributed by atoms with van der Waals surface area (Å²) in [7, 11) is 1.66. The number of nitrogens with zero attached hydrogens (tertiary/aromatic N) is 2. The number of nitrogens with two attached hydrogens (primary N) is 1. The second kappa shape index (κ2) is 5.84. The van der Waals surface area contributed by atoms with Crippen molar-refractivity contribution in [3.8, 4) is 17.1 Å². The quantitative estimate of drug-likeness (QED) is 0.894. The van der Waals surface area contributed by atoms with Gasteiger partial charge in [0.1, 0.15) is 5.75 Å². The Balaban J connectivity index is 2.16. The highest BCUT2D eigenvalue weighted by atomic mass is 16.5. The van der Waals surface area contributed by atoms with Crippen LogP contribution in [0, 0.1) is 6.92 Å². The molecule has 1 unspecified atom stereocenters. The fourth-order valence-electron chi connectivity index (χ4n) is 1.84. The minimum atomic E-state index is 0.138. The lowest BCUT2D eigenvalue weighted by molar-refractivity contribution is 0.372. The fourth-order valence-corrected chi connectivity index (χ4v) is 1.84. The molecule has 0 radical (unpaired) electrons. The summed E-state index contributed by atoms with van der Waals surface area (Å²) in [6.07, 6.45) is 1.54. The highest BCUT2D eigenvalue weighted by molar-refractivity contribution is 5.58. The van der Waals surface area contributed by atoms with Crippen LogP contribution in [0.3, 0.4) is 0 Å². The average Bonchev–Trinajstić information content (AvgIpc) is 2.85.